The second kappa shape index (κ2) is 9.68. The summed E-state index contributed by atoms with van der Waals surface area (Å²) in [6.45, 7) is -0.545. The van der Waals surface area contributed by atoms with Crippen LogP contribution in [0.1, 0.15) is 0 Å². The number of carbonyl (C=O) groups is 1. The van der Waals surface area contributed by atoms with E-state index in [1.165, 1.54) is 23.3 Å². The minimum absolute atomic E-state index is 0.0547. The molecule has 1 saturated heterocycles. The van der Waals surface area contributed by atoms with Gasteiger partial charge in [-0.15, -0.1) is 5.10 Å². The van der Waals surface area contributed by atoms with Crippen molar-refractivity contribution in [2.75, 3.05) is 37.0 Å². The molecule has 178 valence electrons. The number of pyridine rings is 1. The van der Waals surface area contributed by atoms with Crippen molar-refractivity contribution < 1.29 is 32.8 Å². The van der Waals surface area contributed by atoms with Crippen molar-refractivity contribution in [2.24, 2.45) is 16.8 Å². The Morgan fingerprint density at radius 1 is 1.39 bits per heavy atom. The molecule has 1 amide bonds. The standard InChI is InChI=1S/C18H23FN7O6P/c1-24(17(23-20)25(2)21)16-6-3-11(8-22-16)14-5-4-12(7-15(14)19)26-9-13(32-18(26)27)10-31-33(28,29)30/h3-8,13H,9-10,20-21H2,1-2H3,(H2,28,29,30)/b23-17-. The Balaban J connectivity index is 1.75. The first-order valence-electron chi connectivity index (χ1n) is 9.44. The summed E-state index contributed by atoms with van der Waals surface area (Å²) >= 11 is 0. The highest BCUT2D eigenvalue weighted by molar-refractivity contribution is 7.46. The lowest BCUT2D eigenvalue weighted by Crippen LogP contribution is -2.45. The molecule has 0 aliphatic carbocycles. The third-order valence-corrected chi connectivity index (χ3v) is 5.19. The molecule has 33 heavy (non-hydrogen) atoms. The fraction of sp³-hybridized carbons (Fsp3) is 0.278. The van der Waals surface area contributed by atoms with E-state index in [-0.39, 0.29) is 23.8 Å². The van der Waals surface area contributed by atoms with Crippen LogP contribution in [0.4, 0.5) is 20.7 Å². The predicted molar refractivity (Wildman–Crippen MR) is 117 cm³/mol. The molecule has 13 nitrogen and oxygen atoms in total. The van der Waals surface area contributed by atoms with E-state index in [9.17, 15) is 13.8 Å². The first-order valence-corrected chi connectivity index (χ1v) is 11.0. The number of ether oxygens (including phenoxy) is 1. The molecule has 1 atom stereocenters. The molecule has 3 rings (SSSR count). The zero-order valence-corrected chi connectivity index (χ0v) is 18.6. The maximum absolute atomic E-state index is 14.9. The van der Waals surface area contributed by atoms with Gasteiger partial charge in [0.2, 0.25) is 5.96 Å². The monoisotopic (exact) mass is 483 g/mol. The number of hydrogen-bond donors (Lipinski definition) is 4. The minimum atomic E-state index is -4.70. The van der Waals surface area contributed by atoms with Gasteiger partial charge in [-0.05, 0) is 30.3 Å². The Kier molecular flexibility index (Phi) is 7.15. The molecular formula is C18H23FN7O6P. The minimum Gasteiger partial charge on any atom is -0.441 e. The lowest BCUT2D eigenvalue weighted by molar-refractivity contribution is 0.0880. The van der Waals surface area contributed by atoms with Crippen molar-refractivity contribution in [2.45, 2.75) is 6.10 Å². The number of guanidine groups is 1. The molecule has 15 heteroatoms. The van der Waals surface area contributed by atoms with Crippen LogP contribution < -0.4 is 21.5 Å². The largest absolute Gasteiger partial charge is 0.469 e. The molecule has 0 saturated carbocycles. The van der Waals surface area contributed by atoms with Crippen LogP contribution in [0, 0.1) is 5.82 Å². The van der Waals surface area contributed by atoms with E-state index in [1.54, 1.807) is 31.1 Å². The number of amides is 1. The normalized spacial score (nSPS) is 16.7. The molecule has 6 N–H and O–H groups in total. The third kappa shape index (κ3) is 5.74. The quantitative estimate of drug-likeness (QED) is 0.150. The average molecular weight is 483 g/mol. The highest BCUT2D eigenvalue weighted by Crippen LogP contribution is 2.37. The number of anilines is 2. The van der Waals surface area contributed by atoms with E-state index in [0.29, 0.717) is 11.4 Å². The van der Waals surface area contributed by atoms with Crippen molar-refractivity contribution in [3.63, 3.8) is 0 Å². The fourth-order valence-electron chi connectivity index (χ4n) is 3.17. The number of carbonyl (C=O) groups excluding carboxylic acids is 1. The summed E-state index contributed by atoms with van der Waals surface area (Å²) in [5.74, 6) is 11.1. The van der Waals surface area contributed by atoms with E-state index < -0.39 is 32.4 Å². The number of nitrogens with zero attached hydrogens (tertiary/aromatic N) is 5. The Morgan fingerprint density at radius 3 is 2.67 bits per heavy atom. The van der Waals surface area contributed by atoms with Gasteiger partial charge in [0, 0.05) is 31.4 Å². The van der Waals surface area contributed by atoms with Crippen LogP contribution in [0.2, 0.25) is 0 Å². The zero-order valence-electron chi connectivity index (χ0n) is 17.7. The predicted octanol–water partition coefficient (Wildman–Crippen LogP) is 0.794. The van der Waals surface area contributed by atoms with Crippen molar-refractivity contribution >= 4 is 31.4 Å². The van der Waals surface area contributed by atoms with E-state index in [0.717, 1.165) is 11.0 Å². The van der Waals surface area contributed by atoms with Gasteiger partial charge in [-0.3, -0.25) is 19.3 Å². The van der Waals surface area contributed by atoms with Crippen molar-refractivity contribution in [3.05, 3.63) is 42.3 Å². The molecule has 1 aliphatic rings. The maximum Gasteiger partial charge on any atom is 0.469 e. The van der Waals surface area contributed by atoms with Gasteiger partial charge in [0.25, 0.3) is 0 Å². The average Bonchev–Trinajstić information content (AvgIpc) is 3.12. The van der Waals surface area contributed by atoms with Crippen molar-refractivity contribution in [1.29, 1.82) is 0 Å². The number of nitrogens with two attached hydrogens (primary N) is 2. The molecule has 1 unspecified atom stereocenters. The van der Waals surface area contributed by atoms with Crippen LogP contribution in [-0.2, 0) is 13.8 Å². The van der Waals surface area contributed by atoms with Crippen LogP contribution in [0.3, 0.4) is 0 Å². The highest BCUT2D eigenvalue weighted by Gasteiger charge is 2.34. The number of cyclic esters (lactones) is 1. The van der Waals surface area contributed by atoms with Crippen molar-refractivity contribution in [3.8, 4) is 11.1 Å². The molecule has 0 spiro atoms. The van der Waals surface area contributed by atoms with Gasteiger partial charge in [-0.25, -0.2) is 24.6 Å². The van der Waals surface area contributed by atoms with Gasteiger partial charge in [0.05, 0.1) is 18.8 Å². The summed E-state index contributed by atoms with van der Waals surface area (Å²) in [4.78, 5) is 36.6. The Labute approximate surface area is 188 Å². The molecule has 2 aromatic rings. The molecule has 1 fully saturated rings. The molecule has 2 heterocycles. The topological polar surface area (TPSA) is 180 Å². The summed E-state index contributed by atoms with van der Waals surface area (Å²) in [6, 6.07) is 7.46. The fourth-order valence-corrected chi connectivity index (χ4v) is 3.53. The zero-order chi connectivity index (χ0) is 24.3. The molecule has 1 aromatic carbocycles. The molecule has 1 aliphatic heterocycles. The lowest BCUT2D eigenvalue weighted by atomic mass is 10.1. The van der Waals surface area contributed by atoms with E-state index in [1.807, 2.05) is 0 Å². The number of hydrazine groups is 1. The van der Waals surface area contributed by atoms with Gasteiger partial charge < -0.3 is 20.4 Å². The van der Waals surface area contributed by atoms with Gasteiger partial charge in [-0.1, -0.05) is 0 Å². The summed E-state index contributed by atoms with van der Waals surface area (Å²) < 4.78 is 35.1. The number of aromatic nitrogens is 1. The van der Waals surface area contributed by atoms with E-state index in [4.69, 9.17) is 26.2 Å². The number of halogens is 1. The summed E-state index contributed by atoms with van der Waals surface area (Å²) in [7, 11) is -1.47. The Bertz CT molecular complexity index is 1090. The SMILES string of the molecule is CN(N)/C(=N\N)N(C)c1ccc(-c2ccc(N3CC(COP(=O)(O)O)OC3=O)cc2F)cn1. The summed E-state index contributed by atoms with van der Waals surface area (Å²) in [5, 5.41) is 4.82. The van der Waals surface area contributed by atoms with Crippen LogP contribution in [0.15, 0.2) is 41.6 Å². The molecular weight excluding hydrogens is 460 g/mol. The third-order valence-electron chi connectivity index (χ3n) is 4.70. The molecule has 1 aromatic heterocycles. The maximum atomic E-state index is 14.9. The van der Waals surface area contributed by atoms with E-state index in [2.05, 4.69) is 14.6 Å². The number of benzene rings is 1. The smallest absolute Gasteiger partial charge is 0.441 e. The van der Waals surface area contributed by atoms with Gasteiger partial charge in [0.15, 0.2) is 0 Å². The Morgan fingerprint density at radius 2 is 2.12 bits per heavy atom. The number of rotatable bonds is 6. The lowest BCUT2D eigenvalue weighted by Gasteiger charge is -2.24. The second-order valence-electron chi connectivity index (χ2n) is 7.07. The summed E-state index contributed by atoms with van der Waals surface area (Å²) in [5.41, 5.74) is 0.956. The first-order chi connectivity index (χ1) is 15.5. The Hall–Kier alpha value is -3.29. The van der Waals surface area contributed by atoms with Crippen molar-refractivity contribution in [1.82, 2.24) is 9.99 Å². The van der Waals surface area contributed by atoms with Gasteiger partial charge >= 0.3 is 13.9 Å². The van der Waals surface area contributed by atoms with Gasteiger partial charge in [0.1, 0.15) is 17.7 Å². The number of hydrogen-bond acceptors (Lipinski definition) is 8. The van der Waals surface area contributed by atoms with Crippen LogP contribution >= 0.6 is 7.82 Å². The van der Waals surface area contributed by atoms with Crippen LogP contribution in [-0.4, -0.2) is 65.2 Å². The summed E-state index contributed by atoms with van der Waals surface area (Å²) in [6.07, 6.45) is -0.220. The second-order valence-corrected chi connectivity index (χ2v) is 8.31. The van der Waals surface area contributed by atoms with Gasteiger partial charge in [-0.2, -0.15) is 0 Å². The number of phosphoric acid groups is 1. The number of hydrazone groups is 1. The molecule has 0 radical (unpaired) electrons. The van der Waals surface area contributed by atoms with E-state index >= 15 is 0 Å². The molecule has 0 bridgehead atoms. The number of phosphoric ester groups is 1. The van der Waals surface area contributed by atoms with Crippen LogP contribution in [0.25, 0.3) is 11.1 Å². The highest BCUT2D eigenvalue weighted by atomic mass is 31.2. The van der Waals surface area contributed by atoms with Crippen LogP contribution in [0.5, 0.6) is 0 Å². The first kappa shape index (κ1) is 24.4.